The highest BCUT2D eigenvalue weighted by atomic mass is 35.5. The third-order valence-electron chi connectivity index (χ3n) is 4.56. The molecule has 11 heteroatoms. The molecule has 6 nitrogen and oxygen atoms in total. The van der Waals surface area contributed by atoms with Crippen LogP contribution in [0.25, 0.3) is 0 Å². The Balaban J connectivity index is 2.05. The van der Waals surface area contributed by atoms with Crippen molar-refractivity contribution in [1.29, 1.82) is 0 Å². The molecule has 2 aromatic rings. The minimum Gasteiger partial charge on any atom is -0.324 e. The van der Waals surface area contributed by atoms with Gasteiger partial charge < -0.3 is 10.6 Å². The van der Waals surface area contributed by atoms with Crippen molar-refractivity contribution in [3.8, 4) is 0 Å². The molecular formula is C19H17ClF4N4O2. The maximum Gasteiger partial charge on any atom is 0.472 e. The lowest BCUT2D eigenvalue weighted by molar-refractivity contribution is -0.169. The Kier molecular flexibility index (Phi) is 6.57. The molecule has 0 aliphatic carbocycles. The molecule has 0 bridgehead atoms. The van der Waals surface area contributed by atoms with Crippen LogP contribution >= 0.6 is 11.6 Å². The molecule has 1 aromatic heterocycles. The van der Waals surface area contributed by atoms with E-state index < -0.39 is 35.3 Å². The number of amides is 2. The Morgan fingerprint density at radius 3 is 2.47 bits per heavy atom. The monoisotopic (exact) mass is 444 g/mol. The molecule has 2 N–H and O–H groups in total. The summed E-state index contributed by atoms with van der Waals surface area (Å²) in [6.07, 6.45) is -3.23. The van der Waals surface area contributed by atoms with Gasteiger partial charge >= 0.3 is 12.1 Å². The first-order chi connectivity index (χ1) is 14.2. The minimum atomic E-state index is -5.32. The number of pyridine rings is 1. The number of nitrogens with one attached hydrogen (secondary N) is 2. The van der Waals surface area contributed by atoms with Gasteiger partial charge in [-0.2, -0.15) is 13.2 Å². The zero-order valence-electron chi connectivity index (χ0n) is 15.5. The van der Waals surface area contributed by atoms with E-state index in [1.54, 1.807) is 0 Å². The Morgan fingerprint density at radius 1 is 1.17 bits per heavy atom. The van der Waals surface area contributed by atoms with Gasteiger partial charge in [0.15, 0.2) is 0 Å². The number of hydrogen-bond acceptors (Lipinski definition) is 4. The smallest absolute Gasteiger partial charge is 0.324 e. The molecule has 0 unspecified atom stereocenters. The van der Waals surface area contributed by atoms with E-state index in [2.05, 4.69) is 15.6 Å². The fraction of sp³-hybridized carbons (Fsp3) is 0.316. The highest BCUT2D eigenvalue weighted by molar-refractivity contribution is 6.30. The van der Waals surface area contributed by atoms with Gasteiger partial charge in [0.25, 0.3) is 0 Å². The molecule has 160 valence electrons. The van der Waals surface area contributed by atoms with Crippen LogP contribution in [0.3, 0.4) is 0 Å². The lowest BCUT2D eigenvalue weighted by atomic mass is 9.97. The fourth-order valence-corrected chi connectivity index (χ4v) is 3.22. The predicted octanol–water partition coefficient (Wildman–Crippen LogP) is 4.04. The fourth-order valence-electron chi connectivity index (χ4n) is 3.11. The van der Waals surface area contributed by atoms with Crippen LogP contribution in [0.1, 0.15) is 12.8 Å². The average Bonchev–Trinajstić information content (AvgIpc) is 2.71. The molecule has 3 rings (SSSR count). The van der Waals surface area contributed by atoms with E-state index in [1.165, 1.54) is 18.2 Å². The van der Waals surface area contributed by atoms with Gasteiger partial charge in [0.2, 0.25) is 5.91 Å². The summed E-state index contributed by atoms with van der Waals surface area (Å²) in [4.78, 5) is 28.6. The third kappa shape index (κ3) is 4.88. The molecule has 0 radical (unpaired) electrons. The maximum atomic E-state index is 14.7. The Hall–Kier alpha value is -2.72. The van der Waals surface area contributed by atoms with Crippen molar-refractivity contribution in [2.45, 2.75) is 19.0 Å². The summed E-state index contributed by atoms with van der Waals surface area (Å²) in [6, 6.07) is 5.61. The van der Waals surface area contributed by atoms with Crippen molar-refractivity contribution >= 4 is 40.6 Å². The zero-order chi connectivity index (χ0) is 21.9. The summed E-state index contributed by atoms with van der Waals surface area (Å²) in [6.45, 7) is 1.23. The molecule has 1 aliphatic heterocycles. The van der Waals surface area contributed by atoms with Gasteiger partial charge in [0.05, 0.1) is 10.7 Å². The number of aromatic nitrogens is 1. The highest BCUT2D eigenvalue weighted by Gasteiger charge is 2.45. The predicted molar refractivity (Wildman–Crippen MR) is 103 cm³/mol. The van der Waals surface area contributed by atoms with Crippen molar-refractivity contribution in [3.05, 3.63) is 47.4 Å². The van der Waals surface area contributed by atoms with Gasteiger partial charge in [0, 0.05) is 12.1 Å². The van der Waals surface area contributed by atoms with Crippen LogP contribution in [0, 0.1) is 11.7 Å². The minimum absolute atomic E-state index is 0.0870. The lowest BCUT2D eigenvalue weighted by Gasteiger charge is -2.27. The standard InChI is InChI=1S/C19H17ClF4N4O2/c20-12-4-5-15(26-10-12)28(18(30)19(22,23)24)16-13(21)2-1-3-14(16)27-17(29)11-6-8-25-9-7-11/h1-5,10-11,25H,6-9H2,(H,27,29). The molecule has 1 fully saturated rings. The average molecular weight is 445 g/mol. The molecule has 0 atom stereocenters. The maximum absolute atomic E-state index is 14.7. The molecule has 1 aliphatic rings. The number of carbonyl (C=O) groups excluding carboxylic acids is 2. The molecular weight excluding hydrogens is 428 g/mol. The number of halogens is 5. The van der Waals surface area contributed by atoms with E-state index in [-0.39, 0.29) is 21.5 Å². The number of nitrogens with zero attached hydrogens (tertiary/aromatic N) is 2. The van der Waals surface area contributed by atoms with Crippen molar-refractivity contribution < 1.29 is 27.2 Å². The van der Waals surface area contributed by atoms with Crippen LogP contribution in [0.4, 0.5) is 34.8 Å². The van der Waals surface area contributed by atoms with E-state index in [4.69, 9.17) is 11.6 Å². The number of benzene rings is 1. The number of para-hydroxylation sites is 1. The summed E-state index contributed by atoms with van der Waals surface area (Å²) in [5, 5.41) is 5.68. The van der Waals surface area contributed by atoms with E-state index in [0.717, 1.165) is 18.3 Å². The van der Waals surface area contributed by atoms with E-state index in [1.807, 2.05) is 0 Å². The zero-order valence-corrected chi connectivity index (χ0v) is 16.2. The molecule has 1 saturated heterocycles. The first kappa shape index (κ1) is 22.0. The number of piperidine rings is 1. The van der Waals surface area contributed by atoms with Crippen LogP contribution in [0.15, 0.2) is 36.5 Å². The first-order valence-electron chi connectivity index (χ1n) is 9.01. The first-order valence-corrected chi connectivity index (χ1v) is 9.39. The number of rotatable bonds is 4. The van der Waals surface area contributed by atoms with Crippen molar-refractivity contribution in [3.63, 3.8) is 0 Å². The van der Waals surface area contributed by atoms with Crippen LogP contribution < -0.4 is 15.5 Å². The van der Waals surface area contributed by atoms with Crippen molar-refractivity contribution in [2.24, 2.45) is 5.92 Å². The van der Waals surface area contributed by atoms with Gasteiger partial charge in [-0.25, -0.2) is 9.37 Å². The molecule has 0 spiro atoms. The molecule has 0 saturated carbocycles. The third-order valence-corrected chi connectivity index (χ3v) is 4.79. The van der Waals surface area contributed by atoms with Crippen LogP contribution in [-0.4, -0.2) is 36.1 Å². The summed E-state index contributed by atoms with van der Waals surface area (Å²) < 4.78 is 54.6. The Bertz CT molecular complexity index is 931. The summed E-state index contributed by atoms with van der Waals surface area (Å²) in [7, 11) is 0. The largest absolute Gasteiger partial charge is 0.472 e. The van der Waals surface area contributed by atoms with Crippen LogP contribution in [0.5, 0.6) is 0 Å². The SMILES string of the molecule is O=C(Nc1cccc(F)c1N(C(=O)C(F)(F)F)c1ccc(Cl)cn1)C1CCNCC1. The lowest BCUT2D eigenvalue weighted by Crippen LogP contribution is -2.40. The van der Waals surface area contributed by atoms with Gasteiger partial charge in [-0.15, -0.1) is 0 Å². The summed E-state index contributed by atoms with van der Waals surface area (Å²) in [5.74, 6) is -4.84. The molecule has 1 aromatic carbocycles. The topological polar surface area (TPSA) is 74.3 Å². The molecule has 30 heavy (non-hydrogen) atoms. The number of hydrogen-bond donors (Lipinski definition) is 2. The van der Waals surface area contributed by atoms with Gasteiger partial charge in [-0.05, 0) is 50.2 Å². The second-order valence-electron chi connectivity index (χ2n) is 6.62. The second kappa shape index (κ2) is 8.97. The van der Waals surface area contributed by atoms with E-state index in [0.29, 0.717) is 25.9 Å². The second-order valence-corrected chi connectivity index (χ2v) is 7.06. The Morgan fingerprint density at radius 2 is 1.87 bits per heavy atom. The molecule has 2 amide bonds. The highest BCUT2D eigenvalue weighted by Crippen LogP contribution is 2.37. The van der Waals surface area contributed by atoms with Crippen molar-refractivity contribution in [2.75, 3.05) is 23.3 Å². The van der Waals surface area contributed by atoms with E-state index >= 15 is 0 Å². The van der Waals surface area contributed by atoms with Gasteiger partial charge in [-0.1, -0.05) is 17.7 Å². The normalized spacial score (nSPS) is 15.0. The van der Waals surface area contributed by atoms with Crippen molar-refractivity contribution in [1.82, 2.24) is 10.3 Å². The number of carbonyl (C=O) groups is 2. The van der Waals surface area contributed by atoms with Gasteiger partial charge in [-0.3, -0.25) is 14.5 Å². The molecule has 2 heterocycles. The quantitative estimate of drug-likeness (QED) is 0.698. The summed E-state index contributed by atoms with van der Waals surface area (Å²) >= 11 is 5.72. The number of anilines is 3. The number of alkyl halides is 3. The summed E-state index contributed by atoms with van der Waals surface area (Å²) in [5.41, 5.74) is -1.02. The van der Waals surface area contributed by atoms with E-state index in [9.17, 15) is 27.2 Å². The van der Waals surface area contributed by atoms with Crippen LogP contribution in [-0.2, 0) is 9.59 Å². The Labute approximate surface area is 174 Å². The van der Waals surface area contributed by atoms with Gasteiger partial charge in [0.1, 0.15) is 17.3 Å². The van der Waals surface area contributed by atoms with Crippen LogP contribution in [0.2, 0.25) is 5.02 Å².